The van der Waals surface area contributed by atoms with Crippen molar-refractivity contribution in [3.05, 3.63) is 70.9 Å². The van der Waals surface area contributed by atoms with Crippen LogP contribution in [0.1, 0.15) is 5.56 Å². The first-order valence-corrected chi connectivity index (χ1v) is 7.84. The average Bonchev–Trinajstić information content (AvgIpc) is 3.21. The molecule has 0 aliphatic carbocycles. The summed E-state index contributed by atoms with van der Waals surface area (Å²) in [4.78, 5) is 4.32. The molecule has 0 saturated carbocycles. The number of nitrogens with zero attached hydrogens (tertiary/aromatic N) is 3. The number of aromatic nitrogens is 3. The lowest BCUT2D eigenvalue weighted by atomic mass is 10.1. The van der Waals surface area contributed by atoms with Gasteiger partial charge in [0, 0.05) is 34.3 Å². The third-order valence-electron chi connectivity index (χ3n) is 3.59. The maximum atomic E-state index is 13.8. The second kappa shape index (κ2) is 5.35. The summed E-state index contributed by atoms with van der Waals surface area (Å²) in [5.74, 6) is -0.244. The normalized spacial score (nSPS) is 11.1. The summed E-state index contributed by atoms with van der Waals surface area (Å²) in [5.41, 5.74) is 3.71. The Bertz CT molecular complexity index is 928. The molecule has 0 unspecified atom stereocenters. The van der Waals surface area contributed by atoms with Gasteiger partial charge in [-0.15, -0.1) is 0 Å². The fourth-order valence-electron chi connectivity index (χ4n) is 2.51. The van der Waals surface area contributed by atoms with Crippen LogP contribution in [0, 0.1) is 5.82 Å². The Morgan fingerprint density at radius 2 is 2.09 bits per heavy atom. The maximum absolute atomic E-state index is 13.8. The summed E-state index contributed by atoms with van der Waals surface area (Å²) in [5, 5.41) is 9.23. The van der Waals surface area contributed by atoms with Crippen LogP contribution >= 0.6 is 11.3 Å². The smallest absolute Gasteiger partial charge is 0.132 e. The van der Waals surface area contributed by atoms with Gasteiger partial charge in [-0.2, -0.15) is 16.4 Å². The van der Waals surface area contributed by atoms with Gasteiger partial charge in [-0.05, 0) is 35.7 Å². The number of pyridine rings is 1. The Balaban J connectivity index is 1.71. The fraction of sp³-hybridized carbons (Fsp3) is 0.0588. The second-order valence-electron chi connectivity index (χ2n) is 5.02. The summed E-state index contributed by atoms with van der Waals surface area (Å²) in [6.07, 6.45) is 3.62. The summed E-state index contributed by atoms with van der Waals surface area (Å²) < 4.78 is 15.7. The Kier molecular flexibility index (Phi) is 3.20. The molecule has 0 amide bonds. The molecule has 0 saturated heterocycles. The quantitative estimate of drug-likeness (QED) is 0.563. The molecule has 0 aliphatic rings. The number of benzene rings is 1. The van der Waals surface area contributed by atoms with Crippen LogP contribution < -0.4 is 0 Å². The average molecular weight is 309 g/mol. The van der Waals surface area contributed by atoms with Gasteiger partial charge >= 0.3 is 0 Å². The zero-order valence-corrected chi connectivity index (χ0v) is 12.4. The predicted molar refractivity (Wildman–Crippen MR) is 86.3 cm³/mol. The highest BCUT2D eigenvalue weighted by Crippen LogP contribution is 2.22. The minimum atomic E-state index is -0.244. The van der Waals surface area contributed by atoms with Gasteiger partial charge < -0.3 is 0 Å². The number of rotatable bonds is 3. The molecule has 1 aromatic carbocycles. The molecule has 0 aliphatic heterocycles. The van der Waals surface area contributed by atoms with Crippen LogP contribution in [0.4, 0.5) is 4.39 Å². The monoisotopic (exact) mass is 309 g/mol. The van der Waals surface area contributed by atoms with Crippen LogP contribution in [-0.4, -0.2) is 14.8 Å². The van der Waals surface area contributed by atoms with E-state index in [2.05, 4.69) is 15.5 Å². The van der Waals surface area contributed by atoms with E-state index in [1.165, 1.54) is 6.07 Å². The Labute approximate surface area is 130 Å². The van der Waals surface area contributed by atoms with Crippen LogP contribution in [0.3, 0.4) is 0 Å². The highest BCUT2D eigenvalue weighted by Gasteiger charge is 2.09. The minimum Gasteiger partial charge on any atom is -0.268 e. The first-order valence-electron chi connectivity index (χ1n) is 6.89. The highest BCUT2D eigenvalue weighted by molar-refractivity contribution is 7.08. The number of halogens is 1. The van der Waals surface area contributed by atoms with Crippen molar-refractivity contribution in [2.24, 2.45) is 0 Å². The van der Waals surface area contributed by atoms with Crippen molar-refractivity contribution in [2.75, 3.05) is 0 Å². The lowest BCUT2D eigenvalue weighted by Gasteiger charge is -2.06. The molecule has 0 fully saturated rings. The molecule has 0 bridgehead atoms. The van der Waals surface area contributed by atoms with Gasteiger partial charge in [0.15, 0.2) is 0 Å². The van der Waals surface area contributed by atoms with E-state index in [9.17, 15) is 4.39 Å². The van der Waals surface area contributed by atoms with Crippen LogP contribution in [0.2, 0.25) is 0 Å². The highest BCUT2D eigenvalue weighted by atomic mass is 32.1. The number of fused-ring (bicyclic) bond motifs is 1. The van der Waals surface area contributed by atoms with Crippen LogP contribution in [-0.2, 0) is 6.54 Å². The molecule has 0 atom stereocenters. The zero-order valence-electron chi connectivity index (χ0n) is 11.6. The summed E-state index contributed by atoms with van der Waals surface area (Å²) in [6, 6.07) is 10.8. The molecule has 0 spiro atoms. The van der Waals surface area contributed by atoms with Gasteiger partial charge in [0.25, 0.3) is 0 Å². The van der Waals surface area contributed by atoms with Crippen molar-refractivity contribution < 1.29 is 4.39 Å². The lowest BCUT2D eigenvalue weighted by molar-refractivity contribution is 0.637. The molecule has 0 radical (unpaired) electrons. The molecule has 3 heterocycles. The third kappa shape index (κ3) is 2.29. The van der Waals surface area contributed by atoms with Gasteiger partial charge in [0.05, 0.1) is 17.8 Å². The predicted octanol–water partition coefficient (Wildman–Crippen LogP) is 4.35. The second-order valence-corrected chi connectivity index (χ2v) is 5.80. The number of hydrogen-bond acceptors (Lipinski definition) is 3. The molecule has 22 heavy (non-hydrogen) atoms. The van der Waals surface area contributed by atoms with Crippen molar-refractivity contribution in [1.82, 2.24) is 14.8 Å². The van der Waals surface area contributed by atoms with Gasteiger partial charge in [-0.25, -0.2) is 4.39 Å². The maximum Gasteiger partial charge on any atom is 0.132 e. The lowest BCUT2D eigenvalue weighted by Crippen LogP contribution is -2.02. The van der Waals surface area contributed by atoms with Gasteiger partial charge in [0.1, 0.15) is 5.82 Å². The van der Waals surface area contributed by atoms with Crippen molar-refractivity contribution in [3.63, 3.8) is 0 Å². The largest absolute Gasteiger partial charge is 0.268 e. The topological polar surface area (TPSA) is 30.7 Å². The molecule has 5 heteroatoms. The van der Waals surface area contributed by atoms with E-state index in [1.54, 1.807) is 35.7 Å². The molecule has 3 aromatic heterocycles. The molecule has 0 N–H and O–H groups in total. The molecule has 4 rings (SSSR count). The van der Waals surface area contributed by atoms with Crippen molar-refractivity contribution in [1.29, 1.82) is 0 Å². The molecular weight excluding hydrogens is 297 g/mol. The number of thiophene rings is 1. The number of hydrogen-bond donors (Lipinski definition) is 0. The van der Waals surface area contributed by atoms with Gasteiger partial charge in [-0.3, -0.25) is 9.67 Å². The van der Waals surface area contributed by atoms with E-state index < -0.39 is 0 Å². The summed E-state index contributed by atoms with van der Waals surface area (Å²) in [6.45, 7) is 0.567. The van der Waals surface area contributed by atoms with Crippen LogP contribution in [0.15, 0.2) is 59.6 Å². The summed E-state index contributed by atoms with van der Waals surface area (Å²) in [7, 11) is 0. The Morgan fingerprint density at radius 1 is 1.14 bits per heavy atom. The van der Waals surface area contributed by atoms with Crippen molar-refractivity contribution in [3.8, 4) is 11.3 Å². The first-order chi connectivity index (χ1) is 10.8. The van der Waals surface area contributed by atoms with Gasteiger partial charge in [0.2, 0.25) is 0 Å². The molecule has 3 nitrogen and oxygen atoms in total. The molecule has 4 aromatic rings. The fourth-order valence-corrected chi connectivity index (χ4v) is 3.16. The van der Waals surface area contributed by atoms with E-state index in [-0.39, 0.29) is 5.82 Å². The van der Waals surface area contributed by atoms with E-state index in [0.29, 0.717) is 17.4 Å². The minimum absolute atomic E-state index is 0.244. The SMILES string of the molecule is Fc1ccc(Cn2ccc(-c3ccsc3)n2)c2ncccc12. The van der Waals surface area contributed by atoms with Crippen LogP contribution in [0.5, 0.6) is 0 Å². The van der Waals surface area contributed by atoms with Crippen molar-refractivity contribution >= 4 is 22.2 Å². The standard InChI is InChI=1S/C17H12FN3S/c18-15-4-3-12(17-14(15)2-1-7-19-17)10-21-8-5-16(20-21)13-6-9-22-11-13/h1-9,11H,10H2. The third-order valence-corrected chi connectivity index (χ3v) is 4.27. The van der Waals surface area contributed by atoms with E-state index in [0.717, 1.165) is 16.8 Å². The first kappa shape index (κ1) is 13.2. The van der Waals surface area contributed by atoms with Gasteiger partial charge in [-0.1, -0.05) is 6.07 Å². The van der Waals surface area contributed by atoms with Crippen molar-refractivity contribution in [2.45, 2.75) is 6.54 Å². The van der Waals surface area contributed by atoms with E-state index in [4.69, 9.17) is 0 Å². The van der Waals surface area contributed by atoms with E-state index >= 15 is 0 Å². The van der Waals surface area contributed by atoms with E-state index in [1.807, 2.05) is 28.4 Å². The Hall–Kier alpha value is -2.53. The molecule has 108 valence electrons. The summed E-state index contributed by atoms with van der Waals surface area (Å²) >= 11 is 1.65. The zero-order chi connectivity index (χ0) is 14.9. The molecular formula is C17H12FN3S. The van der Waals surface area contributed by atoms with Crippen LogP contribution in [0.25, 0.3) is 22.2 Å². The Morgan fingerprint density at radius 3 is 2.95 bits per heavy atom.